The first kappa shape index (κ1) is 20.0. The van der Waals surface area contributed by atoms with Crippen LogP contribution in [0.4, 0.5) is 5.69 Å². The molecule has 0 bridgehead atoms. The van der Waals surface area contributed by atoms with E-state index in [0.717, 1.165) is 0 Å². The Hall–Kier alpha value is -2.34. The number of nitrogens with one attached hydrogen (secondary N) is 1. The Morgan fingerprint density at radius 3 is 2.23 bits per heavy atom. The maximum atomic E-state index is 13.3. The van der Waals surface area contributed by atoms with Gasteiger partial charge in [0.2, 0.25) is 0 Å². The SMILES string of the molecule is CCOP(=O)(OCC)C(Nc1ccc(C(=O)O)c(O)c1)c1ccccc1. The lowest BCUT2D eigenvalue weighted by Crippen LogP contribution is -2.15. The molecule has 0 aliphatic heterocycles. The maximum absolute atomic E-state index is 13.3. The summed E-state index contributed by atoms with van der Waals surface area (Å²) in [5.41, 5.74) is 0.852. The number of phenols is 1. The van der Waals surface area contributed by atoms with Crippen LogP contribution in [0.3, 0.4) is 0 Å². The first-order valence-electron chi connectivity index (χ1n) is 8.17. The van der Waals surface area contributed by atoms with E-state index in [1.165, 1.54) is 18.2 Å². The van der Waals surface area contributed by atoms with Gasteiger partial charge in [-0.05, 0) is 31.5 Å². The van der Waals surface area contributed by atoms with Crippen molar-refractivity contribution in [3.63, 3.8) is 0 Å². The van der Waals surface area contributed by atoms with Crippen molar-refractivity contribution >= 4 is 19.3 Å². The van der Waals surface area contributed by atoms with Crippen LogP contribution in [-0.4, -0.2) is 29.4 Å². The molecule has 0 spiro atoms. The molecule has 140 valence electrons. The van der Waals surface area contributed by atoms with Crippen LogP contribution >= 0.6 is 7.60 Å². The second kappa shape index (κ2) is 8.85. The van der Waals surface area contributed by atoms with Gasteiger partial charge in [-0.1, -0.05) is 30.3 Å². The van der Waals surface area contributed by atoms with E-state index >= 15 is 0 Å². The molecule has 2 aromatic rings. The quantitative estimate of drug-likeness (QED) is 0.552. The zero-order valence-corrected chi connectivity index (χ0v) is 15.5. The fourth-order valence-corrected chi connectivity index (χ4v) is 4.42. The molecule has 0 saturated heterocycles. The van der Waals surface area contributed by atoms with Gasteiger partial charge in [0.05, 0.1) is 13.2 Å². The van der Waals surface area contributed by atoms with Crippen molar-refractivity contribution in [2.75, 3.05) is 18.5 Å². The number of carbonyl (C=O) groups is 1. The molecule has 1 atom stereocenters. The zero-order chi connectivity index (χ0) is 19.2. The van der Waals surface area contributed by atoms with Crippen molar-refractivity contribution in [3.8, 4) is 5.75 Å². The van der Waals surface area contributed by atoms with Gasteiger partial charge in [-0.25, -0.2) is 4.79 Å². The highest BCUT2D eigenvalue weighted by Crippen LogP contribution is 2.60. The van der Waals surface area contributed by atoms with E-state index < -0.39 is 25.1 Å². The summed E-state index contributed by atoms with van der Waals surface area (Å²) in [7, 11) is -3.57. The fourth-order valence-electron chi connectivity index (χ4n) is 2.49. The molecular weight excluding hydrogens is 357 g/mol. The third-order valence-electron chi connectivity index (χ3n) is 3.58. The largest absolute Gasteiger partial charge is 0.507 e. The van der Waals surface area contributed by atoms with Gasteiger partial charge in [0.1, 0.15) is 11.3 Å². The molecule has 1 unspecified atom stereocenters. The smallest absolute Gasteiger partial charge is 0.357 e. The Morgan fingerprint density at radius 1 is 1.12 bits per heavy atom. The number of carboxylic acids is 1. The van der Waals surface area contributed by atoms with E-state index in [1.807, 2.05) is 6.07 Å². The molecule has 8 heteroatoms. The normalized spacial score (nSPS) is 12.5. The number of aromatic hydroxyl groups is 1. The summed E-state index contributed by atoms with van der Waals surface area (Å²) in [5, 5.41) is 22.0. The van der Waals surface area contributed by atoms with Gasteiger partial charge >= 0.3 is 13.6 Å². The van der Waals surface area contributed by atoms with E-state index in [4.69, 9.17) is 14.2 Å². The van der Waals surface area contributed by atoms with Crippen LogP contribution in [0.25, 0.3) is 0 Å². The molecule has 0 saturated carbocycles. The third-order valence-corrected chi connectivity index (χ3v) is 5.88. The highest BCUT2D eigenvalue weighted by Gasteiger charge is 2.37. The summed E-state index contributed by atoms with van der Waals surface area (Å²) in [6, 6.07) is 13.0. The molecule has 2 rings (SSSR count). The summed E-state index contributed by atoms with van der Waals surface area (Å²) in [6.45, 7) is 3.85. The lowest BCUT2D eigenvalue weighted by molar-refractivity contribution is 0.0693. The van der Waals surface area contributed by atoms with E-state index in [9.17, 15) is 14.5 Å². The first-order chi connectivity index (χ1) is 12.4. The number of hydrogen-bond acceptors (Lipinski definition) is 6. The number of aromatic carboxylic acids is 1. The van der Waals surface area contributed by atoms with E-state index in [0.29, 0.717) is 11.3 Å². The van der Waals surface area contributed by atoms with E-state index in [2.05, 4.69) is 5.32 Å². The second-order valence-electron chi connectivity index (χ2n) is 5.37. The van der Waals surface area contributed by atoms with Crippen LogP contribution in [0, 0.1) is 0 Å². The lowest BCUT2D eigenvalue weighted by Gasteiger charge is -2.28. The monoisotopic (exact) mass is 379 g/mol. The van der Waals surface area contributed by atoms with Crippen molar-refractivity contribution in [1.29, 1.82) is 0 Å². The van der Waals surface area contributed by atoms with Crippen molar-refractivity contribution in [1.82, 2.24) is 0 Å². The van der Waals surface area contributed by atoms with Crippen LogP contribution < -0.4 is 5.32 Å². The summed E-state index contributed by atoms with van der Waals surface area (Å²) >= 11 is 0. The highest BCUT2D eigenvalue weighted by molar-refractivity contribution is 7.54. The minimum absolute atomic E-state index is 0.200. The summed E-state index contributed by atoms with van der Waals surface area (Å²) in [4.78, 5) is 11.0. The molecule has 26 heavy (non-hydrogen) atoms. The predicted octanol–water partition coefficient (Wildman–Crippen LogP) is 4.47. The van der Waals surface area contributed by atoms with Crippen molar-refractivity contribution in [2.24, 2.45) is 0 Å². The molecule has 0 amide bonds. The summed E-state index contributed by atoms with van der Waals surface area (Å²) in [5.74, 6) is -2.45. The van der Waals surface area contributed by atoms with Crippen LogP contribution in [0.1, 0.15) is 35.6 Å². The van der Waals surface area contributed by atoms with Gasteiger partial charge in [0.25, 0.3) is 0 Å². The molecule has 3 N–H and O–H groups in total. The van der Waals surface area contributed by atoms with Gasteiger partial charge < -0.3 is 24.6 Å². The first-order valence-corrected chi connectivity index (χ1v) is 9.79. The maximum Gasteiger partial charge on any atom is 0.357 e. The Morgan fingerprint density at radius 2 is 1.73 bits per heavy atom. The van der Waals surface area contributed by atoms with E-state index in [1.54, 1.807) is 38.1 Å². The highest BCUT2D eigenvalue weighted by atomic mass is 31.2. The minimum Gasteiger partial charge on any atom is -0.507 e. The number of carboxylic acid groups (broad SMARTS) is 1. The van der Waals surface area contributed by atoms with Crippen LogP contribution in [0.15, 0.2) is 48.5 Å². The Labute approximate surface area is 152 Å². The van der Waals surface area contributed by atoms with Crippen molar-refractivity contribution in [3.05, 3.63) is 59.7 Å². The molecule has 0 aliphatic carbocycles. The molecule has 0 fully saturated rings. The molecule has 2 aromatic carbocycles. The molecule has 0 aliphatic rings. The van der Waals surface area contributed by atoms with Gasteiger partial charge in [0.15, 0.2) is 5.78 Å². The number of hydrogen-bond donors (Lipinski definition) is 3. The zero-order valence-electron chi connectivity index (χ0n) is 14.6. The average Bonchev–Trinajstić information content (AvgIpc) is 2.60. The molecule has 7 nitrogen and oxygen atoms in total. The van der Waals surface area contributed by atoms with Crippen LogP contribution in [0.5, 0.6) is 5.75 Å². The Kier molecular flexibility index (Phi) is 6.80. The number of anilines is 1. The topological polar surface area (TPSA) is 105 Å². The Bertz CT molecular complexity index is 786. The fraction of sp³-hybridized carbons (Fsp3) is 0.278. The second-order valence-corrected chi connectivity index (χ2v) is 7.48. The molecular formula is C18H22NO6P. The molecule has 0 radical (unpaired) electrons. The standard InChI is InChI=1S/C18H22NO6P/c1-3-24-26(23,25-4-2)17(13-8-6-5-7-9-13)19-14-10-11-15(18(21)22)16(20)12-14/h5-12,17,19-20H,3-4H2,1-2H3,(H,21,22). The van der Waals surface area contributed by atoms with E-state index in [-0.39, 0.29) is 18.8 Å². The summed E-state index contributed by atoms with van der Waals surface area (Å²) in [6.07, 6.45) is 0. The Balaban J connectivity index is 2.43. The number of benzene rings is 2. The third kappa shape index (κ3) is 4.64. The van der Waals surface area contributed by atoms with Crippen LogP contribution in [-0.2, 0) is 13.6 Å². The summed E-state index contributed by atoms with van der Waals surface area (Å²) < 4.78 is 24.2. The predicted molar refractivity (Wildman–Crippen MR) is 98.7 cm³/mol. The van der Waals surface area contributed by atoms with Gasteiger partial charge in [-0.2, -0.15) is 0 Å². The number of rotatable bonds is 9. The van der Waals surface area contributed by atoms with Gasteiger partial charge in [-0.15, -0.1) is 0 Å². The van der Waals surface area contributed by atoms with Crippen molar-refractivity contribution < 1.29 is 28.6 Å². The molecule has 0 heterocycles. The van der Waals surface area contributed by atoms with Crippen molar-refractivity contribution in [2.45, 2.75) is 19.6 Å². The van der Waals surface area contributed by atoms with Gasteiger partial charge in [-0.3, -0.25) is 4.57 Å². The van der Waals surface area contributed by atoms with Crippen LogP contribution in [0.2, 0.25) is 0 Å². The average molecular weight is 379 g/mol. The molecule has 0 aromatic heterocycles. The lowest BCUT2D eigenvalue weighted by atomic mass is 10.1. The minimum atomic E-state index is -3.57. The van der Waals surface area contributed by atoms with Gasteiger partial charge in [0, 0.05) is 11.8 Å².